The third-order valence-electron chi connectivity index (χ3n) is 4.71. The van der Waals surface area contributed by atoms with Crippen LogP contribution in [-0.2, 0) is 29.6 Å². The van der Waals surface area contributed by atoms with Gasteiger partial charge >= 0.3 is 0 Å². The highest BCUT2D eigenvalue weighted by molar-refractivity contribution is 7.92. The van der Waals surface area contributed by atoms with Crippen molar-refractivity contribution in [3.8, 4) is 5.69 Å². The Morgan fingerprint density at radius 2 is 1.19 bits per heavy atom. The summed E-state index contributed by atoms with van der Waals surface area (Å²) in [6.07, 6.45) is 0. The van der Waals surface area contributed by atoms with Crippen molar-refractivity contribution in [3.05, 3.63) is 41.5 Å². The zero-order valence-electron chi connectivity index (χ0n) is 17.9. The van der Waals surface area contributed by atoms with Crippen LogP contribution >= 0.6 is 0 Å². The summed E-state index contributed by atoms with van der Waals surface area (Å²) < 4.78 is 69.3. The van der Waals surface area contributed by atoms with Crippen LogP contribution in [0.1, 0.15) is 11.4 Å². The molecule has 0 atom stereocenters. The Morgan fingerprint density at radius 3 is 1.50 bits per heavy atom. The Hall–Kier alpha value is -2.81. The van der Waals surface area contributed by atoms with E-state index in [1.165, 1.54) is 30.5 Å². The molecule has 2 rings (SSSR count). The molecule has 0 aliphatic heterocycles. The van der Waals surface area contributed by atoms with Gasteiger partial charge in [-0.25, -0.2) is 21.2 Å². The van der Waals surface area contributed by atoms with Gasteiger partial charge in [-0.1, -0.05) is 0 Å². The number of benzene rings is 1. The number of carbonyl (C=O) groups is 2. The highest BCUT2D eigenvalue weighted by Gasteiger charge is 2.39. The van der Waals surface area contributed by atoms with Gasteiger partial charge in [0.05, 0.1) is 13.1 Å². The number of hydrogen-bond donors (Lipinski definition) is 2. The Balaban J connectivity index is 2.93. The van der Waals surface area contributed by atoms with Crippen molar-refractivity contribution in [2.75, 3.05) is 27.2 Å². The lowest BCUT2D eigenvalue weighted by Gasteiger charge is -2.19. The molecular formula is C18H24FN5O6S2. The topological polar surface area (TPSA) is 166 Å². The first-order valence-corrected chi connectivity index (χ1v) is 12.0. The van der Waals surface area contributed by atoms with Gasteiger partial charge in [0.25, 0.3) is 0 Å². The molecule has 0 bridgehead atoms. The lowest BCUT2D eigenvalue weighted by atomic mass is 10.3. The summed E-state index contributed by atoms with van der Waals surface area (Å²) in [5, 5.41) is 0. The molecule has 1 aromatic carbocycles. The fraction of sp³-hybridized carbons (Fsp3) is 0.333. The fourth-order valence-corrected chi connectivity index (χ4v) is 6.83. The normalized spacial score (nSPS) is 12.5. The number of hydrogen-bond acceptors (Lipinski definition) is 6. The maximum absolute atomic E-state index is 13.4. The predicted octanol–water partition coefficient (Wildman–Crippen LogP) is -0.555. The predicted molar refractivity (Wildman–Crippen MR) is 113 cm³/mol. The van der Waals surface area contributed by atoms with E-state index in [-0.39, 0.29) is 11.4 Å². The van der Waals surface area contributed by atoms with Crippen molar-refractivity contribution in [1.82, 2.24) is 13.2 Å². The average Bonchev–Trinajstić information content (AvgIpc) is 2.93. The van der Waals surface area contributed by atoms with Crippen molar-refractivity contribution in [2.45, 2.75) is 23.6 Å². The fourth-order valence-electron chi connectivity index (χ4n) is 3.29. The van der Waals surface area contributed by atoms with Crippen LogP contribution in [0, 0.1) is 19.7 Å². The summed E-state index contributed by atoms with van der Waals surface area (Å²) in [4.78, 5) is 21.4. The SMILES string of the molecule is Cc1c(S(=O)(=O)N(C)CC(N)=O)c(S(=O)(=O)N(C)CC(N)=O)c(C)n1-c1ccc(F)cc1. The Labute approximate surface area is 185 Å². The van der Waals surface area contributed by atoms with Crippen LogP contribution in [0.15, 0.2) is 34.1 Å². The number of halogens is 1. The second-order valence-electron chi connectivity index (χ2n) is 7.10. The van der Waals surface area contributed by atoms with Crippen LogP contribution in [0.4, 0.5) is 4.39 Å². The maximum atomic E-state index is 13.4. The molecule has 32 heavy (non-hydrogen) atoms. The summed E-state index contributed by atoms with van der Waals surface area (Å²) in [5.74, 6) is -2.43. The van der Waals surface area contributed by atoms with Gasteiger partial charge in [-0.3, -0.25) is 9.59 Å². The van der Waals surface area contributed by atoms with Crippen molar-refractivity contribution < 1.29 is 30.8 Å². The molecule has 1 aromatic heterocycles. The summed E-state index contributed by atoms with van der Waals surface area (Å²) in [5.41, 5.74) is 10.5. The van der Waals surface area contributed by atoms with E-state index in [1.54, 1.807) is 0 Å². The molecule has 0 aliphatic rings. The van der Waals surface area contributed by atoms with Crippen molar-refractivity contribution in [2.24, 2.45) is 11.5 Å². The minimum absolute atomic E-state index is 0.00326. The number of rotatable bonds is 9. The molecule has 14 heteroatoms. The van der Waals surface area contributed by atoms with E-state index in [0.29, 0.717) is 14.3 Å². The van der Waals surface area contributed by atoms with Gasteiger partial charge in [0, 0.05) is 31.2 Å². The third kappa shape index (κ3) is 4.67. The highest BCUT2D eigenvalue weighted by atomic mass is 32.2. The van der Waals surface area contributed by atoms with E-state index < -0.39 is 60.6 Å². The summed E-state index contributed by atoms with van der Waals surface area (Å²) in [6.45, 7) is 1.35. The molecule has 1 heterocycles. The molecule has 0 unspecified atom stereocenters. The molecular weight excluding hydrogens is 465 g/mol. The van der Waals surface area contributed by atoms with E-state index >= 15 is 0 Å². The molecule has 2 amide bonds. The minimum atomic E-state index is -4.54. The van der Waals surface area contributed by atoms with E-state index in [9.17, 15) is 30.8 Å². The molecule has 176 valence electrons. The maximum Gasteiger partial charge on any atom is 0.246 e. The third-order valence-corrected chi connectivity index (χ3v) is 8.77. The first-order chi connectivity index (χ1) is 14.6. The quantitative estimate of drug-likeness (QED) is 0.479. The highest BCUT2D eigenvalue weighted by Crippen LogP contribution is 2.36. The number of likely N-dealkylation sites (N-methyl/N-ethyl adjacent to an activating group) is 2. The number of sulfonamides is 2. The van der Waals surface area contributed by atoms with E-state index in [2.05, 4.69) is 0 Å². The minimum Gasteiger partial charge on any atom is -0.369 e. The van der Waals surface area contributed by atoms with Gasteiger partial charge in [0.1, 0.15) is 15.6 Å². The largest absolute Gasteiger partial charge is 0.369 e. The molecule has 4 N–H and O–H groups in total. The monoisotopic (exact) mass is 489 g/mol. The van der Waals surface area contributed by atoms with E-state index in [1.807, 2.05) is 0 Å². The molecule has 2 aromatic rings. The molecule has 0 aliphatic carbocycles. The van der Waals surface area contributed by atoms with Gasteiger partial charge in [0.15, 0.2) is 0 Å². The number of amides is 2. The van der Waals surface area contributed by atoms with Crippen LogP contribution in [0.5, 0.6) is 0 Å². The Morgan fingerprint density at radius 1 is 0.844 bits per heavy atom. The van der Waals surface area contributed by atoms with Crippen molar-refractivity contribution in [1.29, 1.82) is 0 Å². The number of aromatic nitrogens is 1. The van der Waals surface area contributed by atoms with E-state index in [4.69, 9.17) is 11.5 Å². The molecule has 0 fully saturated rings. The van der Waals surface area contributed by atoms with Gasteiger partial charge < -0.3 is 16.0 Å². The lowest BCUT2D eigenvalue weighted by molar-refractivity contribution is -0.118. The van der Waals surface area contributed by atoms with Gasteiger partial charge in [0.2, 0.25) is 31.9 Å². The second-order valence-corrected chi connectivity index (χ2v) is 11.1. The Bertz CT molecular complexity index is 1190. The van der Waals surface area contributed by atoms with Crippen molar-refractivity contribution >= 4 is 31.9 Å². The molecule has 0 spiro atoms. The number of nitrogens with two attached hydrogens (primary N) is 2. The van der Waals surface area contributed by atoms with Crippen molar-refractivity contribution in [3.63, 3.8) is 0 Å². The first kappa shape index (κ1) is 25.5. The van der Waals surface area contributed by atoms with Crippen LogP contribution in [-0.4, -0.2) is 69.0 Å². The van der Waals surface area contributed by atoms with Crippen LogP contribution in [0.25, 0.3) is 5.69 Å². The Kier molecular flexibility index (Phi) is 7.14. The van der Waals surface area contributed by atoms with Gasteiger partial charge in [-0.15, -0.1) is 0 Å². The van der Waals surface area contributed by atoms with Gasteiger partial charge in [-0.05, 0) is 38.1 Å². The first-order valence-electron chi connectivity index (χ1n) is 9.09. The number of carbonyl (C=O) groups excluding carboxylic acids is 2. The number of nitrogens with zero attached hydrogens (tertiary/aromatic N) is 3. The van der Waals surface area contributed by atoms with Gasteiger partial charge in [-0.2, -0.15) is 8.61 Å². The lowest BCUT2D eigenvalue weighted by Crippen LogP contribution is -2.38. The second kappa shape index (κ2) is 8.97. The van der Waals surface area contributed by atoms with E-state index in [0.717, 1.165) is 26.2 Å². The molecule has 0 saturated carbocycles. The summed E-state index contributed by atoms with van der Waals surface area (Å²) >= 11 is 0. The average molecular weight is 490 g/mol. The zero-order chi connectivity index (χ0) is 24.6. The smallest absolute Gasteiger partial charge is 0.246 e. The standard InChI is InChI=1S/C18H24FN5O6S2/c1-11-17(31(27,28)22(3)9-15(20)25)18(32(29,30)23(4)10-16(21)26)12(2)24(11)14-7-5-13(19)6-8-14/h5-8H,9-10H2,1-4H3,(H2,20,25)(H2,21,26). The molecule has 11 nitrogen and oxygen atoms in total. The molecule has 0 saturated heterocycles. The summed E-state index contributed by atoms with van der Waals surface area (Å²) in [6, 6.07) is 4.97. The summed E-state index contributed by atoms with van der Waals surface area (Å²) in [7, 11) is -6.93. The molecule has 0 radical (unpaired) electrons. The van der Waals surface area contributed by atoms with Crippen LogP contribution in [0.3, 0.4) is 0 Å². The number of primary amides is 2. The zero-order valence-corrected chi connectivity index (χ0v) is 19.5. The van der Waals surface area contributed by atoms with Crippen LogP contribution in [0.2, 0.25) is 0 Å². The van der Waals surface area contributed by atoms with Crippen LogP contribution < -0.4 is 11.5 Å².